The van der Waals surface area contributed by atoms with Gasteiger partial charge in [-0.3, -0.25) is 0 Å². The fourth-order valence-corrected chi connectivity index (χ4v) is 1.94. The van der Waals surface area contributed by atoms with Gasteiger partial charge in [0.1, 0.15) is 6.61 Å². The number of halogens is 7. The lowest BCUT2D eigenvalue weighted by atomic mass is 10.2. The number of rotatable bonds is 4. The maximum atomic E-state index is 12.7. The molecule has 0 amide bonds. The van der Waals surface area contributed by atoms with Gasteiger partial charge in [-0.2, -0.15) is 22.0 Å². The van der Waals surface area contributed by atoms with Crippen molar-refractivity contribution in [3.8, 4) is 0 Å². The van der Waals surface area contributed by atoms with Crippen LogP contribution in [0.1, 0.15) is 10.4 Å². The van der Waals surface area contributed by atoms with Crippen LogP contribution in [0, 0.1) is 0 Å². The van der Waals surface area contributed by atoms with E-state index < -0.39 is 28.3 Å². The second-order valence-electron chi connectivity index (χ2n) is 3.79. The van der Waals surface area contributed by atoms with Crippen molar-refractivity contribution in [3.05, 3.63) is 44.0 Å². The Morgan fingerprint density at radius 2 is 1.71 bits per heavy atom. The van der Waals surface area contributed by atoms with E-state index in [1.54, 1.807) is 12.1 Å². The number of ether oxygens (including phenoxy) is 1. The molecular formula is C12H7BrF5IO2. The molecule has 0 aliphatic rings. The highest BCUT2D eigenvalue weighted by Gasteiger charge is 2.55. The van der Waals surface area contributed by atoms with E-state index >= 15 is 0 Å². The van der Waals surface area contributed by atoms with Crippen LogP contribution in [0.15, 0.2) is 38.4 Å². The number of carbonyl (C=O) groups excluding carboxylic acids is 1. The normalized spacial score (nSPS) is 13.2. The average molecular weight is 485 g/mol. The molecule has 0 saturated carbocycles. The maximum Gasteiger partial charge on any atom is 0.457 e. The highest BCUT2D eigenvalue weighted by molar-refractivity contribution is 14.1. The van der Waals surface area contributed by atoms with E-state index in [4.69, 9.17) is 0 Å². The van der Waals surface area contributed by atoms with Crippen molar-refractivity contribution >= 4 is 44.5 Å². The van der Waals surface area contributed by atoms with Gasteiger partial charge in [0.05, 0.1) is 5.56 Å². The average Bonchev–Trinajstić information content (AvgIpc) is 2.35. The molecule has 0 atom stereocenters. The maximum absolute atomic E-state index is 12.7. The molecule has 0 spiro atoms. The van der Waals surface area contributed by atoms with Gasteiger partial charge in [0.2, 0.25) is 0 Å². The van der Waals surface area contributed by atoms with E-state index in [0.717, 1.165) is 4.47 Å². The van der Waals surface area contributed by atoms with E-state index in [1.165, 1.54) is 34.7 Å². The second-order valence-corrected chi connectivity index (χ2v) is 6.10. The molecule has 0 bridgehead atoms. The van der Waals surface area contributed by atoms with Crippen molar-refractivity contribution in [2.45, 2.75) is 12.1 Å². The van der Waals surface area contributed by atoms with Crippen LogP contribution in [0.25, 0.3) is 0 Å². The summed E-state index contributed by atoms with van der Waals surface area (Å²) in [6.45, 7) is -0.666. The van der Waals surface area contributed by atoms with E-state index in [2.05, 4.69) is 20.7 Å². The molecule has 0 aliphatic heterocycles. The first-order chi connectivity index (χ1) is 9.53. The molecule has 0 aliphatic carbocycles. The van der Waals surface area contributed by atoms with Gasteiger partial charge in [-0.15, -0.1) is 0 Å². The summed E-state index contributed by atoms with van der Waals surface area (Å²) in [6.07, 6.45) is -5.96. The Balaban J connectivity index is 2.66. The lowest BCUT2D eigenvalue weighted by Crippen LogP contribution is -2.34. The predicted octanol–water partition coefficient (Wildman–Crippen LogP) is 5.12. The van der Waals surface area contributed by atoms with E-state index in [9.17, 15) is 26.7 Å². The summed E-state index contributed by atoms with van der Waals surface area (Å²) < 4.78 is 66.3. The van der Waals surface area contributed by atoms with Gasteiger partial charge in [-0.25, -0.2) is 4.79 Å². The highest BCUT2D eigenvalue weighted by atomic mass is 127. The Morgan fingerprint density at radius 3 is 2.19 bits per heavy atom. The van der Waals surface area contributed by atoms with Gasteiger partial charge < -0.3 is 4.74 Å². The molecule has 1 aromatic rings. The van der Waals surface area contributed by atoms with Gasteiger partial charge in [0.15, 0.2) is 0 Å². The second kappa shape index (κ2) is 7.03. The summed E-state index contributed by atoms with van der Waals surface area (Å²) in [5.74, 6) is -5.78. The highest BCUT2D eigenvalue weighted by Crippen LogP contribution is 2.37. The topological polar surface area (TPSA) is 26.3 Å². The molecule has 0 aromatic heterocycles. The Hall–Kier alpha value is -0.710. The van der Waals surface area contributed by atoms with Crippen LogP contribution in [0.5, 0.6) is 0 Å². The molecule has 2 nitrogen and oxygen atoms in total. The van der Waals surface area contributed by atoms with Gasteiger partial charge in [-0.1, -0.05) is 15.9 Å². The van der Waals surface area contributed by atoms with E-state index in [0.29, 0.717) is 0 Å². The van der Waals surface area contributed by atoms with Crippen molar-refractivity contribution in [2.24, 2.45) is 0 Å². The van der Waals surface area contributed by atoms with Crippen LogP contribution >= 0.6 is 38.5 Å². The monoisotopic (exact) mass is 484 g/mol. The molecule has 1 rings (SSSR count). The molecule has 0 unspecified atom stereocenters. The number of hydrogen-bond acceptors (Lipinski definition) is 2. The minimum absolute atomic E-state index is 0.157. The fraction of sp³-hybridized carbons (Fsp3) is 0.250. The van der Waals surface area contributed by atoms with Gasteiger partial charge in [0, 0.05) is 14.1 Å². The van der Waals surface area contributed by atoms with Gasteiger partial charge in [0.25, 0.3) is 0 Å². The number of allylic oxidation sites excluding steroid dienone is 1. The lowest BCUT2D eigenvalue weighted by Gasteiger charge is -2.16. The largest absolute Gasteiger partial charge is 0.457 e. The summed E-state index contributed by atoms with van der Waals surface area (Å²) in [5, 5.41) is 0. The van der Waals surface area contributed by atoms with Crippen molar-refractivity contribution in [2.75, 3.05) is 6.61 Å². The minimum Gasteiger partial charge on any atom is -0.457 e. The Morgan fingerprint density at radius 1 is 1.19 bits per heavy atom. The van der Waals surface area contributed by atoms with E-state index in [1.807, 2.05) is 0 Å². The smallest absolute Gasteiger partial charge is 0.457 e. The molecule has 1 aromatic carbocycles. The molecule has 0 saturated heterocycles. The number of benzene rings is 1. The fourth-order valence-electron chi connectivity index (χ4n) is 1.12. The Bertz CT molecular complexity index is 540. The van der Waals surface area contributed by atoms with E-state index in [-0.39, 0.29) is 11.6 Å². The minimum atomic E-state index is -5.68. The Kier molecular flexibility index (Phi) is 6.14. The summed E-state index contributed by atoms with van der Waals surface area (Å²) in [6, 6.07) is 5.98. The third kappa shape index (κ3) is 5.53. The van der Waals surface area contributed by atoms with Crippen molar-refractivity contribution in [1.29, 1.82) is 0 Å². The summed E-state index contributed by atoms with van der Waals surface area (Å²) in [7, 11) is 0. The van der Waals surface area contributed by atoms with Crippen molar-refractivity contribution in [1.82, 2.24) is 0 Å². The van der Waals surface area contributed by atoms with Crippen LogP contribution in [0.4, 0.5) is 22.0 Å². The molecule has 21 heavy (non-hydrogen) atoms. The predicted molar refractivity (Wildman–Crippen MR) is 77.5 cm³/mol. The molecule has 0 N–H and O–H groups in total. The molecule has 0 fully saturated rings. The third-order valence-corrected chi connectivity index (χ3v) is 3.29. The first-order valence-electron chi connectivity index (χ1n) is 5.27. The number of hydrogen-bond donors (Lipinski definition) is 0. The zero-order chi connectivity index (χ0) is 16.3. The standard InChI is InChI=1S/C12H7BrF5IO2/c13-8-3-1-7(2-4-8)10(20)21-6-9(19)5-11(14,15)12(16,17)18/h1-5H,6H2. The summed E-state index contributed by atoms with van der Waals surface area (Å²) >= 11 is 4.42. The van der Waals surface area contributed by atoms with Crippen LogP contribution in [0.2, 0.25) is 0 Å². The molecular weight excluding hydrogens is 478 g/mol. The molecule has 0 radical (unpaired) electrons. The van der Waals surface area contributed by atoms with Crippen LogP contribution < -0.4 is 0 Å². The number of alkyl halides is 5. The zero-order valence-electron chi connectivity index (χ0n) is 10.1. The summed E-state index contributed by atoms with van der Waals surface area (Å²) in [5.41, 5.74) is 0.157. The molecule has 116 valence electrons. The number of carbonyl (C=O) groups is 1. The molecule has 9 heteroatoms. The van der Waals surface area contributed by atoms with Crippen LogP contribution in [0.3, 0.4) is 0 Å². The van der Waals surface area contributed by atoms with Crippen LogP contribution in [-0.2, 0) is 4.74 Å². The van der Waals surface area contributed by atoms with Crippen molar-refractivity contribution in [3.63, 3.8) is 0 Å². The Labute approximate surface area is 138 Å². The quantitative estimate of drug-likeness (QED) is 0.337. The molecule has 0 heterocycles. The summed E-state index contributed by atoms with van der Waals surface area (Å²) in [4.78, 5) is 11.5. The lowest BCUT2D eigenvalue weighted by molar-refractivity contribution is -0.259. The number of esters is 1. The first-order valence-corrected chi connectivity index (χ1v) is 7.14. The first kappa shape index (κ1) is 18.3. The van der Waals surface area contributed by atoms with Crippen molar-refractivity contribution < 1.29 is 31.5 Å². The van der Waals surface area contributed by atoms with Crippen LogP contribution in [-0.4, -0.2) is 24.7 Å². The van der Waals surface area contributed by atoms with Gasteiger partial charge >= 0.3 is 18.1 Å². The SMILES string of the molecule is O=C(OCC(I)=CC(F)(F)C(F)(F)F)c1ccc(Br)cc1. The zero-order valence-corrected chi connectivity index (χ0v) is 13.8. The van der Waals surface area contributed by atoms with Gasteiger partial charge in [-0.05, 0) is 46.9 Å². The third-order valence-electron chi connectivity index (χ3n) is 2.14.